The molecule has 0 aliphatic rings. The summed E-state index contributed by atoms with van der Waals surface area (Å²) in [4.78, 5) is 25.5. The molecule has 8 nitrogen and oxygen atoms in total. The van der Waals surface area contributed by atoms with Gasteiger partial charge in [0, 0.05) is 36.8 Å². The minimum Gasteiger partial charge on any atom is -0.465 e. The van der Waals surface area contributed by atoms with Crippen LogP contribution >= 0.6 is 23.1 Å². The number of thiophene rings is 1. The Balaban J connectivity index is 1.66. The summed E-state index contributed by atoms with van der Waals surface area (Å²) in [5.74, 6) is 0.373. The Morgan fingerprint density at radius 1 is 1.30 bits per heavy atom. The Hall–Kier alpha value is -2.59. The van der Waals surface area contributed by atoms with Crippen LogP contribution in [0.2, 0.25) is 0 Å². The number of hydrogen-bond donors (Lipinski definition) is 1. The highest BCUT2D eigenvalue weighted by Crippen LogP contribution is 2.29. The van der Waals surface area contributed by atoms with Crippen molar-refractivity contribution in [2.75, 3.05) is 18.2 Å². The molecule has 0 aliphatic carbocycles. The predicted molar refractivity (Wildman–Crippen MR) is 118 cm³/mol. The van der Waals surface area contributed by atoms with Crippen LogP contribution in [0.15, 0.2) is 29.6 Å². The van der Waals surface area contributed by atoms with E-state index in [-0.39, 0.29) is 11.7 Å². The number of carbonyl (C=O) groups excluding carboxylic acids is 2. The van der Waals surface area contributed by atoms with Gasteiger partial charge in [0.05, 0.1) is 18.4 Å². The van der Waals surface area contributed by atoms with Crippen molar-refractivity contribution in [2.24, 2.45) is 7.05 Å². The summed E-state index contributed by atoms with van der Waals surface area (Å²) in [6, 6.07) is 5.82. The molecule has 0 aromatic carbocycles. The molecule has 0 atom stereocenters. The topological polar surface area (TPSA) is 91.0 Å². The molecule has 3 aromatic heterocycles. The fourth-order valence-corrected chi connectivity index (χ4v) is 4.80. The van der Waals surface area contributed by atoms with E-state index in [2.05, 4.69) is 26.1 Å². The highest BCUT2D eigenvalue weighted by atomic mass is 32.2. The maximum absolute atomic E-state index is 12.5. The van der Waals surface area contributed by atoms with Gasteiger partial charge in [-0.3, -0.25) is 4.79 Å². The van der Waals surface area contributed by atoms with Crippen LogP contribution < -0.4 is 5.32 Å². The monoisotopic (exact) mass is 447 g/mol. The lowest BCUT2D eigenvalue weighted by Crippen LogP contribution is -2.16. The molecule has 1 amide bonds. The average Bonchev–Trinajstić information content (AvgIpc) is 3.45. The van der Waals surface area contributed by atoms with Gasteiger partial charge >= 0.3 is 5.97 Å². The zero-order valence-electron chi connectivity index (χ0n) is 17.5. The first kappa shape index (κ1) is 22.1. The van der Waals surface area contributed by atoms with Crippen molar-refractivity contribution in [3.63, 3.8) is 0 Å². The molecular formula is C20H25N5O3S2. The zero-order chi connectivity index (χ0) is 21.7. The van der Waals surface area contributed by atoms with Gasteiger partial charge in [0.1, 0.15) is 10.8 Å². The molecule has 0 radical (unpaired) electrons. The number of anilines is 1. The van der Waals surface area contributed by atoms with E-state index >= 15 is 0 Å². The van der Waals surface area contributed by atoms with Gasteiger partial charge in [-0.25, -0.2) is 4.79 Å². The van der Waals surface area contributed by atoms with E-state index in [1.165, 1.54) is 30.2 Å². The lowest BCUT2D eigenvalue weighted by molar-refractivity contribution is -0.113. The van der Waals surface area contributed by atoms with E-state index in [4.69, 9.17) is 4.74 Å². The SMILES string of the molecule is CCc1cc(C(=O)OC)c(NC(=O)CSc2nnc(Cc3cccn3C)n2CC)s1. The molecule has 30 heavy (non-hydrogen) atoms. The summed E-state index contributed by atoms with van der Waals surface area (Å²) in [6.45, 7) is 4.75. The van der Waals surface area contributed by atoms with Gasteiger partial charge in [-0.15, -0.1) is 21.5 Å². The van der Waals surface area contributed by atoms with Crippen LogP contribution in [0.3, 0.4) is 0 Å². The first-order chi connectivity index (χ1) is 14.5. The van der Waals surface area contributed by atoms with Crippen LogP contribution in [0.4, 0.5) is 5.00 Å². The highest BCUT2D eigenvalue weighted by Gasteiger charge is 2.19. The summed E-state index contributed by atoms with van der Waals surface area (Å²) in [5.41, 5.74) is 1.53. The molecule has 10 heteroatoms. The van der Waals surface area contributed by atoms with Gasteiger partial charge in [-0.1, -0.05) is 18.7 Å². The molecule has 0 saturated heterocycles. The maximum Gasteiger partial charge on any atom is 0.340 e. The number of nitrogens with zero attached hydrogens (tertiary/aromatic N) is 4. The molecule has 0 fully saturated rings. The summed E-state index contributed by atoms with van der Waals surface area (Å²) in [6.07, 6.45) is 3.45. The largest absolute Gasteiger partial charge is 0.465 e. The lowest BCUT2D eigenvalue weighted by Gasteiger charge is -2.08. The van der Waals surface area contributed by atoms with Crippen molar-refractivity contribution in [1.82, 2.24) is 19.3 Å². The molecule has 0 unspecified atom stereocenters. The molecule has 0 spiro atoms. The molecular weight excluding hydrogens is 422 g/mol. The maximum atomic E-state index is 12.5. The van der Waals surface area contributed by atoms with E-state index in [9.17, 15) is 9.59 Å². The second kappa shape index (κ2) is 9.94. The number of aromatic nitrogens is 4. The van der Waals surface area contributed by atoms with E-state index < -0.39 is 5.97 Å². The van der Waals surface area contributed by atoms with E-state index in [1.54, 1.807) is 6.07 Å². The van der Waals surface area contributed by atoms with Crippen LogP contribution in [0, 0.1) is 0 Å². The second-order valence-corrected chi connectivity index (χ2v) is 8.65. The molecule has 160 valence electrons. The summed E-state index contributed by atoms with van der Waals surface area (Å²) in [5, 5.41) is 12.6. The number of thioether (sulfide) groups is 1. The fourth-order valence-electron chi connectivity index (χ4n) is 2.98. The van der Waals surface area contributed by atoms with Gasteiger partial charge in [0.25, 0.3) is 0 Å². The summed E-state index contributed by atoms with van der Waals surface area (Å²) in [7, 11) is 3.33. The highest BCUT2D eigenvalue weighted by molar-refractivity contribution is 7.99. The van der Waals surface area contributed by atoms with Crippen LogP contribution in [0.1, 0.15) is 40.6 Å². The number of carbonyl (C=O) groups is 2. The van der Waals surface area contributed by atoms with Crippen LogP contribution in [0.25, 0.3) is 0 Å². The molecule has 3 rings (SSSR count). The lowest BCUT2D eigenvalue weighted by atomic mass is 10.2. The van der Waals surface area contributed by atoms with Gasteiger partial charge < -0.3 is 19.2 Å². The molecule has 0 saturated carbocycles. The van der Waals surface area contributed by atoms with Crippen molar-refractivity contribution >= 4 is 40.0 Å². The molecule has 1 N–H and O–H groups in total. The van der Waals surface area contributed by atoms with Crippen LogP contribution in [-0.4, -0.2) is 44.1 Å². The van der Waals surface area contributed by atoms with E-state index in [1.807, 2.05) is 37.7 Å². The van der Waals surface area contributed by atoms with E-state index in [0.29, 0.717) is 28.7 Å². The van der Waals surface area contributed by atoms with Crippen molar-refractivity contribution in [3.05, 3.63) is 46.4 Å². The van der Waals surface area contributed by atoms with Crippen molar-refractivity contribution < 1.29 is 14.3 Å². The Bertz CT molecular complexity index is 1040. The number of aryl methyl sites for hydroxylation is 2. The molecule has 3 heterocycles. The third-order valence-corrected chi connectivity index (χ3v) is 6.78. The smallest absolute Gasteiger partial charge is 0.340 e. The zero-order valence-corrected chi connectivity index (χ0v) is 19.1. The summed E-state index contributed by atoms with van der Waals surface area (Å²) >= 11 is 2.72. The van der Waals surface area contributed by atoms with Gasteiger partial charge in [-0.05, 0) is 31.5 Å². The van der Waals surface area contributed by atoms with E-state index in [0.717, 1.165) is 22.8 Å². The minimum absolute atomic E-state index is 0.169. The van der Waals surface area contributed by atoms with Gasteiger partial charge in [-0.2, -0.15) is 0 Å². The van der Waals surface area contributed by atoms with Gasteiger partial charge in [0.15, 0.2) is 5.16 Å². The Kier molecular flexibility index (Phi) is 7.33. The minimum atomic E-state index is -0.454. The standard InChI is InChI=1S/C20H25N5O3S2/c1-5-14-11-15(19(27)28-4)18(30-14)21-17(26)12-29-20-23-22-16(25(20)6-2)10-13-8-7-9-24(13)3/h7-9,11H,5-6,10,12H2,1-4H3,(H,21,26). The van der Waals surface area contributed by atoms with Crippen molar-refractivity contribution in [3.8, 4) is 0 Å². The van der Waals surface area contributed by atoms with Gasteiger partial charge in [0.2, 0.25) is 5.91 Å². The Morgan fingerprint density at radius 2 is 2.10 bits per heavy atom. The molecule has 3 aromatic rings. The third kappa shape index (κ3) is 4.93. The second-order valence-electron chi connectivity index (χ2n) is 6.57. The number of esters is 1. The number of rotatable bonds is 9. The predicted octanol–water partition coefficient (Wildman–Crippen LogP) is 3.37. The van der Waals surface area contributed by atoms with Crippen LogP contribution in [0.5, 0.6) is 0 Å². The molecule has 0 aliphatic heterocycles. The molecule has 0 bridgehead atoms. The number of hydrogen-bond acceptors (Lipinski definition) is 7. The van der Waals surface area contributed by atoms with Crippen molar-refractivity contribution in [2.45, 2.75) is 38.4 Å². The number of amides is 1. The van der Waals surface area contributed by atoms with Crippen LogP contribution in [-0.2, 0) is 36.0 Å². The first-order valence-corrected chi connectivity index (χ1v) is 11.4. The fraction of sp³-hybridized carbons (Fsp3) is 0.400. The number of nitrogens with one attached hydrogen (secondary N) is 1. The quantitative estimate of drug-likeness (QED) is 0.399. The Morgan fingerprint density at radius 3 is 2.73 bits per heavy atom. The first-order valence-electron chi connectivity index (χ1n) is 9.62. The normalized spacial score (nSPS) is 10.9. The Labute approximate surface area is 183 Å². The third-order valence-electron chi connectivity index (χ3n) is 4.62. The summed E-state index contributed by atoms with van der Waals surface area (Å²) < 4.78 is 8.89. The average molecular weight is 448 g/mol. The van der Waals surface area contributed by atoms with Crippen molar-refractivity contribution in [1.29, 1.82) is 0 Å². The number of methoxy groups -OCH3 is 1. The number of ether oxygens (including phenoxy) is 1.